The lowest BCUT2D eigenvalue weighted by molar-refractivity contribution is 0.563. The van der Waals surface area contributed by atoms with E-state index >= 15 is 0 Å². The second-order valence-electron chi connectivity index (χ2n) is 4.99. The summed E-state index contributed by atoms with van der Waals surface area (Å²) < 4.78 is 0. The maximum absolute atomic E-state index is 4.32. The Morgan fingerprint density at radius 1 is 1.00 bits per heavy atom. The zero-order chi connectivity index (χ0) is 13.9. The van der Waals surface area contributed by atoms with E-state index in [2.05, 4.69) is 41.4 Å². The van der Waals surface area contributed by atoms with Crippen molar-refractivity contribution in [2.45, 2.75) is 65.3 Å². The highest BCUT2D eigenvalue weighted by Gasteiger charge is 2.08. The summed E-state index contributed by atoms with van der Waals surface area (Å²) in [5.41, 5.74) is 0. The molecule has 1 unspecified atom stereocenters. The van der Waals surface area contributed by atoms with E-state index in [-0.39, 0.29) is 0 Å². The number of rotatable bonds is 10. The van der Waals surface area contributed by atoms with Crippen LogP contribution >= 0.6 is 0 Å². The number of unbranched alkanes of at least 4 members (excludes halogenated alkanes) is 1. The SMILES string of the molecule is CCCCC(CCC)Nc1cc(NCCC)ncn1. The molecule has 0 fully saturated rings. The van der Waals surface area contributed by atoms with Crippen molar-refractivity contribution in [2.24, 2.45) is 0 Å². The normalized spacial score (nSPS) is 12.2. The molecule has 1 aromatic heterocycles. The first-order valence-corrected chi connectivity index (χ1v) is 7.62. The number of nitrogens with one attached hydrogen (secondary N) is 2. The fourth-order valence-corrected chi connectivity index (χ4v) is 2.08. The Labute approximate surface area is 117 Å². The molecule has 1 heterocycles. The van der Waals surface area contributed by atoms with Crippen LogP contribution in [0.5, 0.6) is 0 Å². The molecule has 4 heteroatoms. The molecule has 0 aliphatic carbocycles. The molecule has 1 atom stereocenters. The maximum atomic E-state index is 4.32. The predicted octanol–water partition coefficient (Wildman–Crippen LogP) is 4.07. The zero-order valence-corrected chi connectivity index (χ0v) is 12.6. The van der Waals surface area contributed by atoms with Crippen molar-refractivity contribution in [1.82, 2.24) is 9.97 Å². The van der Waals surface area contributed by atoms with E-state index in [9.17, 15) is 0 Å². The number of anilines is 2. The lowest BCUT2D eigenvalue weighted by atomic mass is 10.1. The van der Waals surface area contributed by atoms with Crippen LogP contribution in [-0.2, 0) is 0 Å². The van der Waals surface area contributed by atoms with Crippen LogP contribution < -0.4 is 10.6 Å². The molecule has 0 spiro atoms. The maximum Gasteiger partial charge on any atom is 0.131 e. The van der Waals surface area contributed by atoms with E-state index in [1.165, 1.54) is 32.1 Å². The van der Waals surface area contributed by atoms with Crippen LogP contribution in [0.25, 0.3) is 0 Å². The number of hydrogen-bond acceptors (Lipinski definition) is 4. The van der Waals surface area contributed by atoms with Crippen LogP contribution in [0.1, 0.15) is 59.3 Å². The molecular weight excluding hydrogens is 236 g/mol. The lowest BCUT2D eigenvalue weighted by Gasteiger charge is -2.18. The predicted molar refractivity (Wildman–Crippen MR) is 82.7 cm³/mol. The van der Waals surface area contributed by atoms with E-state index in [1.807, 2.05) is 6.07 Å². The molecule has 1 rings (SSSR count). The molecule has 108 valence electrons. The molecule has 0 aliphatic rings. The van der Waals surface area contributed by atoms with Gasteiger partial charge in [0, 0.05) is 18.7 Å². The van der Waals surface area contributed by atoms with Crippen LogP contribution in [0.3, 0.4) is 0 Å². The van der Waals surface area contributed by atoms with Crippen molar-refractivity contribution in [1.29, 1.82) is 0 Å². The van der Waals surface area contributed by atoms with Crippen molar-refractivity contribution >= 4 is 11.6 Å². The van der Waals surface area contributed by atoms with Crippen LogP contribution in [0.4, 0.5) is 11.6 Å². The molecule has 0 bridgehead atoms. The second kappa shape index (κ2) is 9.59. The van der Waals surface area contributed by atoms with Crippen molar-refractivity contribution < 1.29 is 0 Å². The fraction of sp³-hybridized carbons (Fsp3) is 0.733. The van der Waals surface area contributed by atoms with E-state index in [1.54, 1.807) is 6.33 Å². The Morgan fingerprint density at radius 3 is 2.47 bits per heavy atom. The van der Waals surface area contributed by atoms with Crippen LogP contribution in [0.2, 0.25) is 0 Å². The van der Waals surface area contributed by atoms with Gasteiger partial charge in [0.1, 0.15) is 18.0 Å². The molecule has 0 aliphatic heterocycles. The van der Waals surface area contributed by atoms with Gasteiger partial charge in [-0.15, -0.1) is 0 Å². The van der Waals surface area contributed by atoms with Gasteiger partial charge in [0.15, 0.2) is 0 Å². The minimum absolute atomic E-state index is 0.527. The number of hydrogen-bond donors (Lipinski definition) is 2. The highest BCUT2D eigenvalue weighted by Crippen LogP contribution is 2.15. The van der Waals surface area contributed by atoms with Gasteiger partial charge in [0.25, 0.3) is 0 Å². The Balaban J connectivity index is 2.56. The molecule has 0 amide bonds. The minimum atomic E-state index is 0.527. The highest BCUT2D eigenvalue weighted by molar-refractivity contribution is 5.46. The molecule has 0 aromatic carbocycles. The smallest absolute Gasteiger partial charge is 0.131 e. The summed E-state index contributed by atoms with van der Waals surface area (Å²) in [5.74, 6) is 1.84. The Hall–Kier alpha value is -1.32. The molecule has 1 aromatic rings. The Kier molecular flexibility index (Phi) is 7.94. The summed E-state index contributed by atoms with van der Waals surface area (Å²) in [6.07, 6.45) is 8.85. The highest BCUT2D eigenvalue weighted by atomic mass is 15.1. The van der Waals surface area contributed by atoms with Crippen LogP contribution in [0.15, 0.2) is 12.4 Å². The largest absolute Gasteiger partial charge is 0.370 e. The quantitative estimate of drug-likeness (QED) is 0.669. The molecular formula is C15H28N4. The Bertz CT molecular complexity index is 341. The third-order valence-electron chi connectivity index (χ3n) is 3.12. The second-order valence-corrected chi connectivity index (χ2v) is 4.99. The summed E-state index contributed by atoms with van der Waals surface area (Å²) in [6.45, 7) is 7.56. The molecule has 0 radical (unpaired) electrons. The van der Waals surface area contributed by atoms with Crippen LogP contribution in [0, 0.1) is 0 Å². The topological polar surface area (TPSA) is 49.8 Å². The third kappa shape index (κ3) is 6.41. The molecule has 2 N–H and O–H groups in total. The van der Waals surface area contributed by atoms with E-state index in [0.717, 1.165) is 24.6 Å². The van der Waals surface area contributed by atoms with Gasteiger partial charge in [-0.3, -0.25) is 0 Å². The van der Waals surface area contributed by atoms with Gasteiger partial charge in [0.2, 0.25) is 0 Å². The van der Waals surface area contributed by atoms with Gasteiger partial charge >= 0.3 is 0 Å². The van der Waals surface area contributed by atoms with Crippen molar-refractivity contribution in [3.05, 3.63) is 12.4 Å². The molecule has 0 saturated carbocycles. The summed E-state index contributed by atoms with van der Waals surface area (Å²) >= 11 is 0. The summed E-state index contributed by atoms with van der Waals surface area (Å²) in [6, 6.07) is 2.53. The van der Waals surface area contributed by atoms with Gasteiger partial charge in [0.05, 0.1) is 0 Å². The average molecular weight is 264 g/mol. The first-order valence-electron chi connectivity index (χ1n) is 7.62. The van der Waals surface area contributed by atoms with E-state index in [4.69, 9.17) is 0 Å². The average Bonchev–Trinajstić information content (AvgIpc) is 2.43. The van der Waals surface area contributed by atoms with Crippen LogP contribution in [-0.4, -0.2) is 22.6 Å². The first kappa shape index (κ1) is 15.7. The summed E-state index contributed by atoms with van der Waals surface area (Å²) in [4.78, 5) is 8.55. The third-order valence-corrected chi connectivity index (χ3v) is 3.12. The van der Waals surface area contributed by atoms with E-state index < -0.39 is 0 Å². The van der Waals surface area contributed by atoms with Crippen molar-refractivity contribution in [3.63, 3.8) is 0 Å². The Morgan fingerprint density at radius 2 is 1.79 bits per heavy atom. The van der Waals surface area contributed by atoms with Gasteiger partial charge in [-0.25, -0.2) is 9.97 Å². The number of nitrogens with zero attached hydrogens (tertiary/aromatic N) is 2. The molecule has 4 nitrogen and oxygen atoms in total. The molecule has 19 heavy (non-hydrogen) atoms. The van der Waals surface area contributed by atoms with Gasteiger partial charge < -0.3 is 10.6 Å². The lowest BCUT2D eigenvalue weighted by Crippen LogP contribution is -2.20. The van der Waals surface area contributed by atoms with Crippen molar-refractivity contribution in [3.8, 4) is 0 Å². The fourth-order valence-electron chi connectivity index (χ4n) is 2.08. The van der Waals surface area contributed by atoms with Gasteiger partial charge in [-0.05, 0) is 19.3 Å². The monoisotopic (exact) mass is 264 g/mol. The zero-order valence-electron chi connectivity index (χ0n) is 12.6. The van der Waals surface area contributed by atoms with Crippen molar-refractivity contribution in [2.75, 3.05) is 17.2 Å². The van der Waals surface area contributed by atoms with E-state index in [0.29, 0.717) is 6.04 Å². The molecule has 0 saturated heterocycles. The first-order chi connectivity index (χ1) is 9.30. The minimum Gasteiger partial charge on any atom is -0.370 e. The summed E-state index contributed by atoms with van der Waals surface area (Å²) in [5, 5.41) is 6.83. The van der Waals surface area contributed by atoms with Gasteiger partial charge in [-0.2, -0.15) is 0 Å². The standard InChI is InChI=1S/C15H28N4/c1-4-7-9-13(8-5-2)19-15-11-14(16-10-6-3)17-12-18-15/h11-13H,4-10H2,1-3H3,(H2,16,17,18,19). The summed E-state index contributed by atoms with van der Waals surface area (Å²) in [7, 11) is 0. The van der Waals surface area contributed by atoms with Gasteiger partial charge in [-0.1, -0.05) is 40.0 Å². The number of aromatic nitrogens is 2.